The van der Waals surface area contributed by atoms with E-state index in [1.807, 2.05) is 24.3 Å². The maximum absolute atomic E-state index is 9.42. The molecule has 10 aromatic rings. The van der Waals surface area contributed by atoms with Crippen LogP contribution in [0.25, 0.3) is 93.5 Å². The van der Waals surface area contributed by atoms with Gasteiger partial charge in [0.15, 0.2) is 0 Å². The van der Waals surface area contributed by atoms with Crippen LogP contribution in [0.2, 0.25) is 0 Å². The summed E-state index contributed by atoms with van der Waals surface area (Å²) in [5.74, 6) is 0. The Labute approximate surface area is 317 Å². The summed E-state index contributed by atoms with van der Waals surface area (Å²) in [5.41, 5.74) is 12.7. The van der Waals surface area contributed by atoms with E-state index in [0.717, 1.165) is 61.2 Å². The highest BCUT2D eigenvalue weighted by atomic mass is 15.0. The fraction of sp³-hybridized carbons (Fsp3) is 0. The molecule has 0 aliphatic rings. The molecule has 3 heterocycles. The fourth-order valence-electron chi connectivity index (χ4n) is 8.09. The van der Waals surface area contributed by atoms with E-state index < -0.39 is 0 Å². The van der Waals surface area contributed by atoms with Gasteiger partial charge < -0.3 is 4.57 Å². The molecule has 0 saturated heterocycles. The third kappa shape index (κ3) is 5.31. The van der Waals surface area contributed by atoms with E-state index in [2.05, 4.69) is 166 Å². The van der Waals surface area contributed by atoms with E-state index in [4.69, 9.17) is 0 Å². The van der Waals surface area contributed by atoms with Gasteiger partial charge in [-0.2, -0.15) is 10.5 Å². The van der Waals surface area contributed by atoms with Crippen LogP contribution < -0.4 is 0 Å². The van der Waals surface area contributed by atoms with Gasteiger partial charge in [-0.3, -0.25) is 0 Å². The fourth-order valence-corrected chi connectivity index (χ4v) is 8.09. The molecule has 0 amide bonds. The summed E-state index contributed by atoms with van der Waals surface area (Å²) >= 11 is 0. The van der Waals surface area contributed by atoms with Crippen molar-refractivity contribution in [3.8, 4) is 62.3 Å². The number of fused-ring (bicyclic) bond motifs is 7. The number of nitrogens with zero attached hydrogens (tertiary/aromatic N) is 5. The molecule has 0 unspecified atom stereocenters. The third-order valence-electron chi connectivity index (χ3n) is 10.6. The van der Waals surface area contributed by atoms with E-state index in [-0.39, 0.29) is 0 Å². The van der Waals surface area contributed by atoms with Crippen molar-refractivity contribution in [1.82, 2.24) is 14.5 Å². The number of pyridine rings is 2. The van der Waals surface area contributed by atoms with Crippen LogP contribution in [0, 0.1) is 22.7 Å². The highest BCUT2D eigenvalue weighted by Crippen LogP contribution is 2.46. The minimum atomic E-state index is 0.402. The van der Waals surface area contributed by atoms with Gasteiger partial charge in [0.25, 0.3) is 0 Å². The molecule has 0 saturated carbocycles. The lowest BCUT2D eigenvalue weighted by Crippen LogP contribution is -1.95. The van der Waals surface area contributed by atoms with Crippen molar-refractivity contribution in [3.63, 3.8) is 0 Å². The van der Waals surface area contributed by atoms with E-state index in [1.54, 1.807) is 12.4 Å². The average Bonchev–Trinajstić information content (AvgIpc) is 3.61. The molecule has 7 aromatic carbocycles. The van der Waals surface area contributed by atoms with Gasteiger partial charge in [0, 0.05) is 28.9 Å². The highest BCUT2D eigenvalue weighted by Gasteiger charge is 2.21. The Balaban J connectivity index is 1.23. The summed E-state index contributed by atoms with van der Waals surface area (Å²) in [6.45, 7) is 0. The van der Waals surface area contributed by atoms with Crippen molar-refractivity contribution >= 4 is 43.4 Å². The quantitative estimate of drug-likeness (QED) is 0.179. The van der Waals surface area contributed by atoms with Gasteiger partial charge in [-0.15, -0.1) is 0 Å². The van der Waals surface area contributed by atoms with Gasteiger partial charge in [-0.25, -0.2) is 9.97 Å². The molecule has 0 fully saturated rings. The molecule has 0 radical (unpaired) electrons. The van der Waals surface area contributed by atoms with Crippen molar-refractivity contribution in [3.05, 3.63) is 188 Å². The Kier molecular flexibility index (Phi) is 7.51. The van der Waals surface area contributed by atoms with Crippen LogP contribution in [0.5, 0.6) is 0 Å². The van der Waals surface area contributed by atoms with Crippen molar-refractivity contribution < 1.29 is 0 Å². The second-order valence-electron chi connectivity index (χ2n) is 13.6. The van der Waals surface area contributed by atoms with Gasteiger partial charge in [-0.05, 0) is 115 Å². The number of nitriles is 2. The predicted octanol–water partition coefficient (Wildman–Crippen LogP) is 12.3. The molecule has 254 valence electrons. The highest BCUT2D eigenvalue weighted by molar-refractivity contribution is 6.31. The van der Waals surface area contributed by atoms with E-state index >= 15 is 0 Å². The van der Waals surface area contributed by atoms with Gasteiger partial charge >= 0.3 is 0 Å². The average molecular weight is 700 g/mol. The maximum atomic E-state index is 9.42. The monoisotopic (exact) mass is 699 g/mol. The van der Waals surface area contributed by atoms with Crippen LogP contribution in [0.1, 0.15) is 11.4 Å². The smallest absolute Gasteiger partial charge is 0.141 e. The Hall–Kier alpha value is -7.86. The Bertz CT molecular complexity index is 3000. The van der Waals surface area contributed by atoms with E-state index in [1.165, 1.54) is 32.3 Å². The molecule has 0 aliphatic carbocycles. The van der Waals surface area contributed by atoms with Crippen molar-refractivity contribution in [2.75, 3.05) is 0 Å². The molecule has 5 heteroatoms. The van der Waals surface area contributed by atoms with Crippen LogP contribution in [0.3, 0.4) is 0 Å². The van der Waals surface area contributed by atoms with Crippen molar-refractivity contribution in [1.29, 1.82) is 10.5 Å². The van der Waals surface area contributed by atoms with Gasteiger partial charge in [-0.1, -0.05) is 115 Å². The first kappa shape index (κ1) is 31.8. The zero-order valence-corrected chi connectivity index (χ0v) is 29.5. The van der Waals surface area contributed by atoms with Gasteiger partial charge in [0.05, 0.1) is 11.0 Å². The Morgan fingerprint density at radius 3 is 1.22 bits per heavy atom. The first-order valence-electron chi connectivity index (χ1n) is 18.1. The lowest BCUT2D eigenvalue weighted by molar-refractivity contribution is 1.18. The summed E-state index contributed by atoms with van der Waals surface area (Å²) in [7, 11) is 0. The molecule has 5 nitrogen and oxygen atoms in total. The lowest BCUT2D eigenvalue weighted by Gasteiger charge is -2.13. The lowest BCUT2D eigenvalue weighted by atomic mass is 9.91. The minimum Gasteiger partial charge on any atom is -0.309 e. The minimum absolute atomic E-state index is 0.402. The normalized spacial score (nSPS) is 11.2. The largest absolute Gasteiger partial charge is 0.309 e. The first-order chi connectivity index (χ1) is 27.2. The second kappa shape index (κ2) is 13.0. The molecule has 10 rings (SSSR count). The Morgan fingerprint density at radius 2 is 0.782 bits per heavy atom. The summed E-state index contributed by atoms with van der Waals surface area (Å²) < 4.78 is 2.42. The number of rotatable bonds is 5. The molecule has 0 bridgehead atoms. The summed E-state index contributed by atoms with van der Waals surface area (Å²) in [6.07, 6.45) is 3.37. The SMILES string of the molecule is N#Cc1cc(-c2ccc(-c3cc4c(c5ccccc35)c3c5ccccc5c(-c5ccc(-c6ccnc(C#N)c6)cc5)cc3n4-c3ccccc3)cc2)ccn1. The number of hydrogen-bond acceptors (Lipinski definition) is 4. The van der Waals surface area contributed by atoms with Crippen LogP contribution in [0.4, 0.5) is 0 Å². The van der Waals surface area contributed by atoms with E-state index in [0.29, 0.717) is 11.4 Å². The molecule has 0 aliphatic heterocycles. The number of hydrogen-bond donors (Lipinski definition) is 0. The molecule has 0 N–H and O–H groups in total. The maximum Gasteiger partial charge on any atom is 0.141 e. The topological polar surface area (TPSA) is 78.3 Å². The molecule has 0 spiro atoms. The van der Waals surface area contributed by atoms with Gasteiger partial charge in [0.1, 0.15) is 23.5 Å². The van der Waals surface area contributed by atoms with Crippen molar-refractivity contribution in [2.45, 2.75) is 0 Å². The summed E-state index contributed by atoms with van der Waals surface area (Å²) in [5, 5.41) is 26.0. The first-order valence-corrected chi connectivity index (χ1v) is 18.1. The van der Waals surface area contributed by atoms with Gasteiger partial charge in [0.2, 0.25) is 0 Å². The number of aromatic nitrogens is 3. The number of benzene rings is 7. The number of para-hydroxylation sites is 1. The second-order valence-corrected chi connectivity index (χ2v) is 13.6. The van der Waals surface area contributed by atoms with Crippen molar-refractivity contribution in [2.24, 2.45) is 0 Å². The summed E-state index contributed by atoms with van der Waals surface area (Å²) in [4.78, 5) is 8.30. The molecule has 55 heavy (non-hydrogen) atoms. The van der Waals surface area contributed by atoms with Crippen LogP contribution in [0.15, 0.2) is 176 Å². The van der Waals surface area contributed by atoms with Crippen LogP contribution >= 0.6 is 0 Å². The molecular weight excluding hydrogens is 671 g/mol. The zero-order chi connectivity index (χ0) is 36.9. The zero-order valence-electron chi connectivity index (χ0n) is 29.5. The standard InChI is InChI=1S/C50H29N5/c51-30-38-26-36(22-24-53-38)32-14-18-34(19-15-32)45-28-47-49(43-12-6-4-10-41(43)45)50-44-13-7-5-11-42(44)46(29-48(50)55(47)40-8-2-1-3-9-40)35-20-16-33(17-21-35)37-23-25-54-39(27-37)31-52/h1-29H. The predicted molar refractivity (Wildman–Crippen MR) is 223 cm³/mol. The molecular formula is C50H29N5. The summed E-state index contributed by atoms with van der Waals surface area (Å²) in [6, 6.07) is 61.8. The molecule has 0 atom stereocenters. The van der Waals surface area contributed by atoms with Crippen LogP contribution in [-0.4, -0.2) is 14.5 Å². The van der Waals surface area contributed by atoms with Crippen LogP contribution in [-0.2, 0) is 0 Å². The third-order valence-corrected chi connectivity index (χ3v) is 10.6. The van der Waals surface area contributed by atoms with E-state index in [9.17, 15) is 10.5 Å². The molecule has 3 aromatic heterocycles. The Morgan fingerprint density at radius 1 is 0.382 bits per heavy atom.